The van der Waals surface area contributed by atoms with Gasteiger partial charge in [-0.05, 0) is 12.8 Å². The molecule has 0 N–H and O–H groups in total. The van der Waals surface area contributed by atoms with Crippen LogP contribution in [0.2, 0.25) is 0 Å². The van der Waals surface area contributed by atoms with Crippen LogP contribution in [0, 0.1) is 10.8 Å². The standard InChI is InChI=1S/C14H24O2/c1-12(2)10-11(13(12,3)4)16-14(15-10)8-6-5-7-9-14/h10-11H,5-9H2,1-4H3/t10-,11+. The van der Waals surface area contributed by atoms with Crippen molar-refractivity contribution in [3.63, 3.8) is 0 Å². The average Bonchev–Trinajstić information content (AvgIpc) is 2.58. The first kappa shape index (κ1) is 11.0. The van der Waals surface area contributed by atoms with E-state index in [-0.39, 0.29) is 16.6 Å². The monoisotopic (exact) mass is 224 g/mol. The summed E-state index contributed by atoms with van der Waals surface area (Å²) in [6, 6.07) is 0. The molecule has 92 valence electrons. The molecule has 1 spiro atoms. The minimum absolute atomic E-state index is 0.210. The molecule has 1 aliphatic heterocycles. The van der Waals surface area contributed by atoms with Gasteiger partial charge in [-0.25, -0.2) is 0 Å². The van der Waals surface area contributed by atoms with E-state index in [9.17, 15) is 0 Å². The van der Waals surface area contributed by atoms with Crippen LogP contribution in [0.15, 0.2) is 0 Å². The lowest BCUT2D eigenvalue weighted by atomic mass is 9.49. The fraction of sp³-hybridized carbons (Fsp3) is 1.00. The Labute approximate surface area is 98.7 Å². The van der Waals surface area contributed by atoms with Gasteiger partial charge in [0, 0.05) is 23.7 Å². The zero-order valence-electron chi connectivity index (χ0n) is 11.0. The highest BCUT2D eigenvalue weighted by Crippen LogP contribution is 2.64. The Morgan fingerprint density at radius 2 is 1.19 bits per heavy atom. The van der Waals surface area contributed by atoms with Gasteiger partial charge in [-0.15, -0.1) is 0 Å². The molecule has 0 radical (unpaired) electrons. The number of fused-ring (bicyclic) bond motifs is 1. The lowest BCUT2D eigenvalue weighted by Crippen LogP contribution is -2.65. The largest absolute Gasteiger partial charge is 0.343 e. The van der Waals surface area contributed by atoms with Crippen molar-refractivity contribution in [2.75, 3.05) is 0 Å². The lowest BCUT2D eigenvalue weighted by molar-refractivity contribution is -0.190. The van der Waals surface area contributed by atoms with Crippen LogP contribution in [-0.2, 0) is 9.47 Å². The van der Waals surface area contributed by atoms with E-state index in [0.717, 1.165) is 12.8 Å². The molecule has 0 bridgehead atoms. The molecule has 3 fully saturated rings. The summed E-state index contributed by atoms with van der Waals surface area (Å²) in [5.74, 6) is -0.210. The van der Waals surface area contributed by atoms with Crippen LogP contribution >= 0.6 is 0 Å². The summed E-state index contributed by atoms with van der Waals surface area (Å²) in [6.45, 7) is 9.28. The van der Waals surface area contributed by atoms with Gasteiger partial charge in [0.15, 0.2) is 5.79 Å². The van der Waals surface area contributed by atoms with Gasteiger partial charge in [-0.3, -0.25) is 0 Å². The smallest absolute Gasteiger partial charge is 0.169 e. The van der Waals surface area contributed by atoms with Crippen molar-refractivity contribution in [2.24, 2.45) is 10.8 Å². The quantitative estimate of drug-likeness (QED) is 0.627. The van der Waals surface area contributed by atoms with Gasteiger partial charge in [-0.2, -0.15) is 0 Å². The molecule has 0 aromatic heterocycles. The third kappa shape index (κ3) is 1.15. The van der Waals surface area contributed by atoms with Crippen molar-refractivity contribution in [1.82, 2.24) is 0 Å². The van der Waals surface area contributed by atoms with Gasteiger partial charge in [0.05, 0.1) is 12.2 Å². The van der Waals surface area contributed by atoms with E-state index in [2.05, 4.69) is 27.7 Å². The van der Waals surface area contributed by atoms with Crippen LogP contribution in [0.4, 0.5) is 0 Å². The first-order chi connectivity index (χ1) is 7.39. The minimum atomic E-state index is -0.210. The molecule has 3 aliphatic rings. The van der Waals surface area contributed by atoms with Crippen LogP contribution < -0.4 is 0 Å². The van der Waals surface area contributed by atoms with Gasteiger partial charge in [0.2, 0.25) is 0 Å². The molecule has 2 nitrogen and oxygen atoms in total. The molecule has 1 heterocycles. The Kier molecular flexibility index (Phi) is 2.09. The Bertz CT molecular complexity index is 276. The molecule has 3 rings (SSSR count). The summed E-state index contributed by atoms with van der Waals surface area (Å²) in [6.07, 6.45) is 6.72. The second kappa shape index (κ2) is 3.02. The highest BCUT2D eigenvalue weighted by molar-refractivity contribution is 5.15. The van der Waals surface area contributed by atoms with E-state index in [4.69, 9.17) is 9.47 Å². The summed E-state index contributed by atoms with van der Waals surface area (Å²) in [4.78, 5) is 0. The molecular weight excluding hydrogens is 200 g/mol. The maximum absolute atomic E-state index is 6.32. The van der Waals surface area contributed by atoms with E-state index >= 15 is 0 Å². The molecule has 1 saturated heterocycles. The second-order valence-electron chi connectivity index (χ2n) is 6.99. The highest BCUT2D eigenvalue weighted by Gasteiger charge is 2.70. The number of rotatable bonds is 0. The predicted molar refractivity (Wildman–Crippen MR) is 63.1 cm³/mol. The van der Waals surface area contributed by atoms with Crippen molar-refractivity contribution in [1.29, 1.82) is 0 Å². The van der Waals surface area contributed by atoms with Gasteiger partial charge < -0.3 is 9.47 Å². The topological polar surface area (TPSA) is 18.5 Å². The molecule has 0 aromatic rings. The first-order valence-corrected chi connectivity index (χ1v) is 6.75. The SMILES string of the molecule is CC1(C)[C@@H]2OC3(CCCCC3)O[C@@H]2C1(C)C. The summed E-state index contributed by atoms with van der Waals surface area (Å²) >= 11 is 0. The summed E-state index contributed by atoms with van der Waals surface area (Å²) in [5.41, 5.74) is 0.497. The Balaban J connectivity index is 1.83. The zero-order chi connectivity index (χ0) is 11.6. The summed E-state index contributed by atoms with van der Waals surface area (Å²) in [7, 11) is 0. The van der Waals surface area contributed by atoms with Crippen LogP contribution in [-0.4, -0.2) is 18.0 Å². The third-order valence-electron chi connectivity index (χ3n) is 5.66. The maximum atomic E-state index is 6.32. The van der Waals surface area contributed by atoms with Gasteiger partial charge in [0.1, 0.15) is 0 Å². The van der Waals surface area contributed by atoms with Crippen molar-refractivity contribution in [2.45, 2.75) is 77.8 Å². The Morgan fingerprint density at radius 1 is 0.750 bits per heavy atom. The zero-order valence-corrected chi connectivity index (χ0v) is 11.0. The van der Waals surface area contributed by atoms with Gasteiger partial charge >= 0.3 is 0 Å². The maximum Gasteiger partial charge on any atom is 0.169 e. The van der Waals surface area contributed by atoms with Gasteiger partial charge in [-0.1, -0.05) is 34.1 Å². The molecule has 0 aromatic carbocycles. The average molecular weight is 224 g/mol. The van der Waals surface area contributed by atoms with E-state index in [1.54, 1.807) is 0 Å². The van der Waals surface area contributed by atoms with E-state index in [1.165, 1.54) is 19.3 Å². The fourth-order valence-electron chi connectivity index (χ4n) is 3.63. The molecule has 0 unspecified atom stereocenters. The molecule has 2 saturated carbocycles. The third-order valence-corrected chi connectivity index (χ3v) is 5.66. The van der Waals surface area contributed by atoms with Crippen LogP contribution in [0.3, 0.4) is 0 Å². The number of hydrogen-bond donors (Lipinski definition) is 0. The molecule has 2 atom stereocenters. The molecule has 2 aliphatic carbocycles. The van der Waals surface area contributed by atoms with Crippen molar-refractivity contribution < 1.29 is 9.47 Å². The van der Waals surface area contributed by atoms with Crippen LogP contribution in [0.25, 0.3) is 0 Å². The van der Waals surface area contributed by atoms with Crippen LogP contribution in [0.1, 0.15) is 59.8 Å². The predicted octanol–water partition coefficient (Wildman–Crippen LogP) is 3.50. The van der Waals surface area contributed by atoms with Crippen molar-refractivity contribution in [3.05, 3.63) is 0 Å². The number of hydrogen-bond acceptors (Lipinski definition) is 2. The van der Waals surface area contributed by atoms with E-state index in [1.807, 2.05) is 0 Å². The van der Waals surface area contributed by atoms with E-state index < -0.39 is 0 Å². The molecule has 2 heteroatoms. The summed E-state index contributed by atoms with van der Waals surface area (Å²) in [5, 5.41) is 0. The summed E-state index contributed by atoms with van der Waals surface area (Å²) < 4.78 is 12.6. The normalized spacial score (nSPS) is 42.8. The number of ether oxygens (including phenoxy) is 2. The Hall–Kier alpha value is -0.0800. The van der Waals surface area contributed by atoms with Crippen molar-refractivity contribution in [3.8, 4) is 0 Å². The first-order valence-electron chi connectivity index (χ1n) is 6.75. The van der Waals surface area contributed by atoms with Crippen LogP contribution in [0.5, 0.6) is 0 Å². The highest BCUT2D eigenvalue weighted by atomic mass is 16.8. The molecule has 0 amide bonds. The second-order valence-corrected chi connectivity index (χ2v) is 6.99. The fourth-order valence-corrected chi connectivity index (χ4v) is 3.63. The Morgan fingerprint density at radius 3 is 1.62 bits per heavy atom. The van der Waals surface area contributed by atoms with E-state index in [0.29, 0.717) is 12.2 Å². The molecular formula is C14H24O2. The lowest BCUT2D eigenvalue weighted by Gasteiger charge is -2.59. The van der Waals surface area contributed by atoms with Crippen molar-refractivity contribution >= 4 is 0 Å². The minimum Gasteiger partial charge on any atom is -0.343 e. The molecule has 16 heavy (non-hydrogen) atoms. The van der Waals surface area contributed by atoms with Gasteiger partial charge in [0.25, 0.3) is 0 Å².